The second-order valence-electron chi connectivity index (χ2n) is 3.74. The molecule has 2 aromatic rings. The summed E-state index contributed by atoms with van der Waals surface area (Å²) in [5, 5.41) is 17.6. The van der Waals surface area contributed by atoms with Crippen LogP contribution in [0.2, 0.25) is 0 Å². The molecule has 108 valence electrons. The maximum atomic E-state index is 10.7. The van der Waals surface area contributed by atoms with E-state index in [0.717, 1.165) is 26.2 Å². The summed E-state index contributed by atoms with van der Waals surface area (Å²) in [5.74, 6) is -0.193. The minimum absolute atomic E-state index is 0.0424. The van der Waals surface area contributed by atoms with E-state index in [0.29, 0.717) is 18.3 Å². The average Bonchev–Trinajstić information content (AvgIpc) is 2.99. The molecule has 0 bridgehead atoms. The topological polar surface area (TPSA) is 77.2 Å². The van der Waals surface area contributed by atoms with Gasteiger partial charge in [-0.15, -0.1) is 21.5 Å². The molecule has 0 aliphatic carbocycles. The molecule has 0 radical (unpaired) electrons. The van der Waals surface area contributed by atoms with Gasteiger partial charge in [-0.2, -0.15) is 0 Å². The van der Waals surface area contributed by atoms with Crippen molar-refractivity contribution < 1.29 is 14.6 Å². The van der Waals surface area contributed by atoms with Crippen LogP contribution in [0, 0.1) is 0 Å². The predicted molar refractivity (Wildman–Crippen MR) is 81.3 cm³/mol. The van der Waals surface area contributed by atoms with Crippen LogP contribution >= 0.6 is 39.0 Å². The van der Waals surface area contributed by atoms with Crippen LogP contribution in [0.25, 0.3) is 10.7 Å². The molecular formula is C11H12BrN3O3S2. The van der Waals surface area contributed by atoms with E-state index in [1.165, 1.54) is 0 Å². The smallest absolute Gasteiger partial charge is 0.313 e. The molecule has 6 nitrogen and oxygen atoms in total. The zero-order valence-corrected chi connectivity index (χ0v) is 13.8. The van der Waals surface area contributed by atoms with Crippen molar-refractivity contribution in [2.75, 3.05) is 19.5 Å². The number of hydrogen-bond acceptors (Lipinski definition) is 6. The molecule has 1 N–H and O–H groups in total. The van der Waals surface area contributed by atoms with Gasteiger partial charge in [0.15, 0.2) is 11.0 Å². The maximum Gasteiger partial charge on any atom is 0.313 e. The summed E-state index contributed by atoms with van der Waals surface area (Å²) < 4.78 is 7.98. The van der Waals surface area contributed by atoms with E-state index in [1.54, 1.807) is 18.4 Å². The molecule has 0 spiro atoms. The molecule has 0 saturated heterocycles. The molecule has 9 heteroatoms. The Balaban J connectivity index is 2.28. The van der Waals surface area contributed by atoms with Crippen molar-refractivity contribution in [2.45, 2.75) is 11.7 Å². The van der Waals surface area contributed by atoms with Gasteiger partial charge < -0.3 is 9.84 Å². The number of carboxylic acid groups (broad SMARTS) is 1. The number of nitrogens with zero attached hydrogens (tertiary/aromatic N) is 3. The number of rotatable bonds is 7. The number of aliphatic carboxylic acids is 1. The van der Waals surface area contributed by atoms with Crippen LogP contribution in [0.15, 0.2) is 21.1 Å². The lowest BCUT2D eigenvalue weighted by Gasteiger charge is -2.07. The summed E-state index contributed by atoms with van der Waals surface area (Å²) >= 11 is 6.12. The highest BCUT2D eigenvalue weighted by molar-refractivity contribution is 9.11. The number of aromatic nitrogens is 3. The Kier molecular flexibility index (Phi) is 5.58. The first kappa shape index (κ1) is 15.5. The van der Waals surface area contributed by atoms with E-state index in [2.05, 4.69) is 26.1 Å². The fourth-order valence-corrected chi connectivity index (χ4v) is 3.59. The minimum atomic E-state index is -0.878. The first-order chi connectivity index (χ1) is 9.61. The van der Waals surface area contributed by atoms with Crippen molar-refractivity contribution in [1.29, 1.82) is 0 Å². The van der Waals surface area contributed by atoms with Crippen LogP contribution in [0.1, 0.15) is 0 Å². The molecular weight excluding hydrogens is 366 g/mol. The van der Waals surface area contributed by atoms with Crippen molar-refractivity contribution in [3.8, 4) is 10.7 Å². The number of thiophene rings is 1. The SMILES string of the molecule is COCCn1c(SCC(=O)O)nnc1-c1ccc(Br)s1. The van der Waals surface area contributed by atoms with Crippen LogP contribution in [-0.4, -0.2) is 45.3 Å². The van der Waals surface area contributed by atoms with Gasteiger partial charge in [0.2, 0.25) is 0 Å². The van der Waals surface area contributed by atoms with E-state index in [-0.39, 0.29) is 5.75 Å². The Morgan fingerprint density at radius 2 is 2.35 bits per heavy atom. The second-order valence-corrected chi connectivity index (χ2v) is 7.14. The highest BCUT2D eigenvalue weighted by Gasteiger charge is 2.16. The number of carboxylic acids is 1. The van der Waals surface area contributed by atoms with Crippen molar-refractivity contribution >= 4 is 45.0 Å². The molecule has 20 heavy (non-hydrogen) atoms. The monoisotopic (exact) mass is 377 g/mol. The largest absolute Gasteiger partial charge is 0.481 e. The predicted octanol–water partition coefficient (Wildman–Crippen LogP) is 2.59. The van der Waals surface area contributed by atoms with Gasteiger partial charge in [-0.3, -0.25) is 9.36 Å². The third kappa shape index (κ3) is 3.81. The van der Waals surface area contributed by atoms with Crippen LogP contribution in [0.3, 0.4) is 0 Å². The highest BCUT2D eigenvalue weighted by atomic mass is 79.9. The van der Waals surface area contributed by atoms with Crippen LogP contribution < -0.4 is 0 Å². The normalized spacial score (nSPS) is 10.9. The first-order valence-corrected chi connectivity index (χ1v) is 8.23. The fourth-order valence-electron chi connectivity index (χ4n) is 1.52. The zero-order valence-electron chi connectivity index (χ0n) is 10.6. The number of carbonyl (C=O) groups is 1. The average molecular weight is 378 g/mol. The van der Waals surface area contributed by atoms with Crippen molar-refractivity contribution in [2.24, 2.45) is 0 Å². The van der Waals surface area contributed by atoms with Gasteiger partial charge in [0.1, 0.15) is 0 Å². The van der Waals surface area contributed by atoms with Gasteiger partial charge in [0.05, 0.1) is 27.6 Å². The third-order valence-electron chi connectivity index (χ3n) is 2.35. The summed E-state index contributed by atoms with van der Waals surface area (Å²) in [6, 6.07) is 3.90. The summed E-state index contributed by atoms with van der Waals surface area (Å²) in [5.41, 5.74) is 0. The Morgan fingerprint density at radius 3 is 2.95 bits per heavy atom. The zero-order chi connectivity index (χ0) is 14.5. The molecule has 0 saturated carbocycles. The Labute approximate surface area is 132 Å². The maximum absolute atomic E-state index is 10.7. The quantitative estimate of drug-likeness (QED) is 0.747. The highest BCUT2D eigenvalue weighted by Crippen LogP contribution is 2.32. The molecule has 2 aromatic heterocycles. The molecule has 0 aliphatic rings. The van der Waals surface area contributed by atoms with Gasteiger partial charge in [-0.25, -0.2) is 0 Å². The number of methoxy groups -OCH3 is 1. The summed E-state index contributed by atoms with van der Waals surface area (Å²) in [7, 11) is 1.62. The van der Waals surface area contributed by atoms with Crippen molar-refractivity contribution in [3.63, 3.8) is 0 Å². The molecule has 0 atom stereocenters. The number of hydrogen-bond donors (Lipinski definition) is 1. The Hall–Kier alpha value is -0.900. The molecule has 0 fully saturated rings. The summed E-state index contributed by atoms with van der Waals surface area (Å²) in [6.07, 6.45) is 0. The van der Waals surface area contributed by atoms with Crippen LogP contribution in [0.5, 0.6) is 0 Å². The lowest BCUT2D eigenvalue weighted by molar-refractivity contribution is -0.133. The van der Waals surface area contributed by atoms with Gasteiger partial charge in [-0.05, 0) is 28.1 Å². The van der Waals surface area contributed by atoms with Gasteiger partial charge in [0.25, 0.3) is 0 Å². The third-order valence-corrected chi connectivity index (χ3v) is 4.93. The van der Waals surface area contributed by atoms with E-state index in [9.17, 15) is 4.79 Å². The lowest BCUT2D eigenvalue weighted by atomic mass is 10.4. The van der Waals surface area contributed by atoms with E-state index >= 15 is 0 Å². The van der Waals surface area contributed by atoms with Gasteiger partial charge in [-0.1, -0.05) is 11.8 Å². The Morgan fingerprint density at radius 1 is 1.55 bits per heavy atom. The molecule has 0 amide bonds. The number of ether oxygens (including phenoxy) is 1. The van der Waals surface area contributed by atoms with Crippen LogP contribution in [0.4, 0.5) is 0 Å². The van der Waals surface area contributed by atoms with E-state index in [1.807, 2.05) is 16.7 Å². The summed E-state index contributed by atoms with van der Waals surface area (Å²) in [6.45, 7) is 1.09. The second kappa shape index (κ2) is 7.21. The molecule has 0 unspecified atom stereocenters. The molecule has 0 aromatic carbocycles. The number of halogens is 1. The Bertz CT molecular complexity index is 600. The van der Waals surface area contributed by atoms with Crippen molar-refractivity contribution in [1.82, 2.24) is 14.8 Å². The molecule has 2 heterocycles. The number of thioether (sulfide) groups is 1. The van der Waals surface area contributed by atoms with Gasteiger partial charge >= 0.3 is 5.97 Å². The first-order valence-electron chi connectivity index (χ1n) is 5.64. The molecule has 2 rings (SSSR count). The lowest BCUT2D eigenvalue weighted by Crippen LogP contribution is -2.08. The van der Waals surface area contributed by atoms with Crippen LogP contribution in [-0.2, 0) is 16.1 Å². The standard InChI is InChI=1S/C11H12BrN3O3S2/c1-18-5-4-15-10(7-2-3-8(12)20-7)13-14-11(15)19-6-9(16)17/h2-3H,4-6H2,1H3,(H,16,17). The van der Waals surface area contributed by atoms with Crippen molar-refractivity contribution in [3.05, 3.63) is 15.9 Å². The van der Waals surface area contributed by atoms with E-state index in [4.69, 9.17) is 9.84 Å². The van der Waals surface area contributed by atoms with E-state index < -0.39 is 5.97 Å². The minimum Gasteiger partial charge on any atom is -0.481 e. The van der Waals surface area contributed by atoms with Gasteiger partial charge in [0, 0.05) is 7.11 Å². The molecule has 0 aliphatic heterocycles. The fraction of sp³-hybridized carbons (Fsp3) is 0.364. The summed E-state index contributed by atoms with van der Waals surface area (Å²) in [4.78, 5) is 11.6.